The lowest BCUT2D eigenvalue weighted by atomic mass is 10.2. The van der Waals surface area contributed by atoms with Gasteiger partial charge < -0.3 is 5.32 Å². The van der Waals surface area contributed by atoms with E-state index >= 15 is 0 Å². The van der Waals surface area contributed by atoms with Gasteiger partial charge in [0.1, 0.15) is 0 Å². The van der Waals surface area contributed by atoms with Crippen LogP contribution >= 0.6 is 38.9 Å². The van der Waals surface area contributed by atoms with Crippen molar-refractivity contribution in [1.29, 1.82) is 0 Å². The Hall–Kier alpha value is -1.44. The lowest BCUT2D eigenvalue weighted by Crippen LogP contribution is -2.22. The van der Waals surface area contributed by atoms with Crippen molar-refractivity contribution in [2.75, 3.05) is 0 Å². The van der Waals surface area contributed by atoms with Gasteiger partial charge in [-0.1, -0.05) is 11.6 Å². The number of carbonyl (C=O) groups excluding carboxylic acids is 1. The van der Waals surface area contributed by atoms with Crippen LogP contribution in [0, 0.1) is 10.1 Å². The van der Waals surface area contributed by atoms with Crippen LogP contribution in [0.25, 0.3) is 0 Å². The number of nitrogens with zero attached hydrogens (tertiary/aromatic N) is 1. The maximum Gasteiger partial charge on any atom is 0.270 e. The summed E-state index contributed by atoms with van der Waals surface area (Å²) in [6.45, 7) is 0.365. The molecule has 2 rings (SSSR count). The molecule has 1 amide bonds. The van der Waals surface area contributed by atoms with E-state index in [1.807, 2.05) is 11.4 Å². The molecule has 0 atom stereocenters. The number of thiophene rings is 1. The third kappa shape index (κ3) is 3.36. The SMILES string of the molecule is O=C(NCc1sccc1Br)c1ccc([N+](=O)[O-])cc1Cl. The Balaban J connectivity index is 2.10. The molecule has 0 fully saturated rings. The Morgan fingerprint density at radius 1 is 1.45 bits per heavy atom. The van der Waals surface area contributed by atoms with Crippen molar-refractivity contribution >= 4 is 50.5 Å². The number of rotatable bonds is 4. The molecule has 0 saturated carbocycles. The van der Waals surface area contributed by atoms with Gasteiger partial charge in [0.15, 0.2) is 0 Å². The summed E-state index contributed by atoms with van der Waals surface area (Å²) in [5.41, 5.74) is 0.0671. The minimum absolute atomic E-state index is 0.0574. The largest absolute Gasteiger partial charge is 0.347 e. The summed E-state index contributed by atoms with van der Waals surface area (Å²) in [5, 5.41) is 15.3. The fourth-order valence-corrected chi connectivity index (χ4v) is 3.20. The van der Waals surface area contributed by atoms with E-state index in [1.54, 1.807) is 0 Å². The number of amides is 1. The molecule has 0 aliphatic carbocycles. The highest BCUT2D eigenvalue weighted by atomic mass is 79.9. The van der Waals surface area contributed by atoms with E-state index in [0.29, 0.717) is 6.54 Å². The summed E-state index contributed by atoms with van der Waals surface area (Å²) in [6, 6.07) is 5.66. The Labute approximate surface area is 131 Å². The predicted molar refractivity (Wildman–Crippen MR) is 81.3 cm³/mol. The number of hydrogen-bond donors (Lipinski definition) is 1. The fourth-order valence-electron chi connectivity index (χ4n) is 1.51. The van der Waals surface area contributed by atoms with Crippen molar-refractivity contribution in [3.8, 4) is 0 Å². The number of nitro groups is 1. The standard InChI is InChI=1S/C12H8BrClN2O3S/c13-9-3-4-20-11(9)6-15-12(17)8-2-1-7(16(18)19)5-10(8)14/h1-5H,6H2,(H,15,17). The number of nitrogens with one attached hydrogen (secondary N) is 1. The van der Waals surface area contributed by atoms with Crippen molar-refractivity contribution in [3.05, 3.63) is 59.7 Å². The minimum atomic E-state index is -0.559. The van der Waals surface area contributed by atoms with Crippen LogP contribution in [0.15, 0.2) is 34.1 Å². The molecule has 0 unspecified atom stereocenters. The average molecular weight is 376 g/mol. The second-order valence-corrected chi connectivity index (χ2v) is 6.06. The summed E-state index contributed by atoms with van der Waals surface area (Å²) in [5.74, 6) is -0.370. The van der Waals surface area contributed by atoms with Crippen LogP contribution in [0.4, 0.5) is 5.69 Å². The van der Waals surface area contributed by atoms with Gasteiger partial charge in [-0.3, -0.25) is 14.9 Å². The molecule has 1 aromatic heterocycles. The monoisotopic (exact) mass is 374 g/mol. The van der Waals surface area contributed by atoms with E-state index in [0.717, 1.165) is 15.4 Å². The summed E-state index contributed by atoms with van der Waals surface area (Å²) < 4.78 is 0.928. The van der Waals surface area contributed by atoms with Gasteiger partial charge in [0.2, 0.25) is 0 Å². The van der Waals surface area contributed by atoms with Crippen LogP contribution in [0.5, 0.6) is 0 Å². The second-order valence-electron chi connectivity index (χ2n) is 3.80. The van der Waals surface area contributed by atoms with Crippen molar-refractivity contribution in [2.24, 2.45) is 0 Å². The molecule has 104 valence electrons. The number of nitro benzene ring substituents is 1. The van der Waals surface area contributed by atoms with Gasteiger partial charge >= 0.3 is 0 Å². The van der Waals surface area contributed by atoms with Gasteiger partial charge in [-0.15, -0.1) is 11.3 Å². The van der Waals surface area contributed by atoms with Gasteiger partial charge in [0.25, 0.3) is 11.6 Å². The van der Waals surface area contributed by atoms with Crippen LogP contribution in [-0.2, 0) is 6.54 Å². The first-order valence-corrected chi connectivity index (χ1v) is 7.48. The Kier molecular flexibility index (Phi) is 4.74. The van der Waals surface area contributed by atoms with Crippen LogP contribution < -0.4 is 5.32 Å². The highest BCUT2D eigenvalue weighted by Gasteiger charge is 2.15. The molecule has 1 N–H and O–H groups in total. The molecule has 0 bridgehead atoms. The van der Waals surface area contributed by atoms with E-state index in [9.17, 15) is 14.9 Å². The maximum absolute atomic E-state index is 12.0. The molecule has 0 radical (unpaired) electrons. The normalized spacial score (nSPS) is 10.3. The summed E-state index contributed by atoms with van der Waals surface area (Å²) in [4.78, 5) is 23.0. The zero-order valence-corrected chi connectivity index (χ0v) is 13.1. The molecule has 8 heteroatoms. The van der Waals surface area contributed by atoms with Crippen LogP contribution in [0.2, 0.25) is 5.02 Å². The van der Waals surface area contributed by atoms with Gasteiger partial charge in [-0.25, -0.2) is 0 Å². The quantitative estimate of drug-likeness (QED) is 0.648. The molecule has 5 nitrogen and oxygen atoms in total. The summed E-state index contributed by atoms with van der Waals surface area (Å²) >= 11 is 10.8. The van der Waals surface area contributed by atoms with Crippen molar-refractivity contribution in [2.45, 2.75) is 6.54 Å². The van der Waals surface area contributed by atoms with Crippen molar-refractivity contribution < 1.29 is 9.72 Å². The summed E-state index contributed by atoms with van der Waals surface area (Å²) in [7, 11) is 0. The molecule has 2 aromatic rings. The molecular formula is C12H8BrClN2O3S. The van der Waals surface area contributed by atoms with Crippen molar-refractivity contribution in [1.82, 2.24) is 5.32 Å². The zero-order chi connectivity index (χ0) is 14.7. The molecule has 0 aliphatic heterocycles. The number of carbonyl (C=O) groups is 1. The third-order valence-electron chi connectivity index (χ3n) is 2.51. The molecule has 20 heavy (non-hydrogen) atoms. The second kappa shape index (κ2) is 6.34. The lowest BCUT2D eigenvalue weighted by Gasteiger charge is -2.06. The molecule has 0 aliphatic rings. The van der Waals surface area contributed by atoms with Gasteiger partial charge in [-0.05, 0) is 33.4 Å². The topological polar surface area (TPSA) is 72.2 Å². The highest BCUT2D eigenvalue weighted by Crippen LogP contribution is 2.24. The number of benzene rings is 1. The van der Waals surface area contributed by atoms with E-state index < -0.39 is 4.92 Å². The van der Waals surface area contributed by atoms with Crippen LogP contribution in [0.1, 0.15) is 15.2 Å². The van der Waals surface area contributed by atoms with Crippen LogP contribution in [0.3, 0.4) is 0 Å². The molecule has 1 aromatic carbocycles. The third-order valence-corrected chi connectivity index (χ3v) is 4.75. The molecule has 0 saturated heterocycles. The molecule has 0 spiro atoms. The number of non-ortho nitro benzene ring substituents is 1. The zero-order valence-electron chi connectivity index (χ0n) is 9.93. The van der Waals surface area contributed by atoms with Crippen LogP contribution in [-0.4, -0.2) is 10.8 Å². The van der Waals surface area contributed by atoms with Crippen molar-refractivity contribution in [3.63, 3.8) is 0 Å². The van der Waals surface area contributed by atoms with E-state index in [1.165, 1.54) is 23.5 Å². The van der Waals surface area contributed by atoms with Gasteiger partial charge in [-0.2, -0.15) is 0 Å². The Morgan fingerprint density at radius 2 is 2.20 bits per heavy atom. The number of halogens is 2. The summed E-state index contributed by atoms with van der Waals surface area (Å²) in [6.07, 6.45) is 0. The van der Waals surface area contributed by atoms with E-state index in [-0.39, 0.29) is 22.2 Å². The molecular weight excluding hydrogens is 368 g/mol. The van der Waals surface area contributed by atoms with Gasteiger partial charge in [0, 0.05) is 21.5 Å². The first-order valence-electron chi connectivity index (χ1n) is 5.43. The minimum Gasteiger partial charge on any atom is -0.347 e. The Morgan fingerprint density at radius 3 is 2.75 bits per heavy atom. The van der Waals surface area contributed by atoms with Gasteiger partial charge in [0.05, 0.1) is 22.1 Å². The fraction of sp³-hybridized carbons (Fsp3) is 0.0833. The molecule has 1 heterocycles. The maximum atomic E-state index is 12.0. The van der Waals surface area contributed by atoms with E-state index in [4.69, 9.17) is 11.6 Å². The first kappa shape index (κ1) is 15.0. The number of hydrogen-bond acceptors (Lipinski definition) is 4. The first-order chi connectivity index (χ1) is 9.49. The highest BCUT2D eigenvalue weighted by molar-refractivity contribution is 9.10. The van der Waals surface area contributed by atoms with E-state index in [2.05, 4.69) is 21.2 Å². The lowest BCUT2D eigenvalue weighted by molar-refractivity contribution is -0.384. The predicted octanol–water partition coefficient (Wildman–Crippen LogP) is 4.00. The average Bonchev–Trinajstić information content (AvgIpc) is 2.81. The smallest absolute Gasteiger partial charge is 0.270 e. The Bertz CT molecular complexity index is 674.